The molecule has 2 aromatic rings. The summed E-state index contributed by atoms with van der Waals surface area (Å²) in [5, 5.41) is 4.33. The third-order valence-corrected chi connectivity index (χ3v) is 3.45. The van der Waals surface area contributed by atoms with Crippen LogP contribution >= 0.6 is 11.3 Å². The Kier molecular flexibility index (Phi) is 2.73. The van der Waals surface area contributed by atoms with Gasteiger partial charge in [0.25, 0.3) is 0 Å². The van der Waals surface area contributed by atoms with E-state index in [9.17, 15) is 0 Å². The SMILES string of the molecule is CNc1ccccc1-c1sc(C)nc1C. The molecule has 15 heavy (non-hydrogen) atoms. The second-order valence-electron chi connectivity index (χ2n) is 3.44. The van der Waals surface area contributed by atoms with Crippen LogP contribution in [-0.2, 0) is 0 Å². The number of hydrogen-bond acceptors (Lipinski definition) is 3. The van der Waals surface area contributed by atoms with Crippen molar-refractivity contribution in [2.24, 2.45) is 0 Å². The molecular formula is C12H14N2S. The van der Waals surface area contributed by atoms with Gasteiger partial charge in [-0.3, -0.25) is 0 Å². The topological polar surface area (TPSA) is 24.9 Å². The number of aromatic nitrogens is 1. The van der Waals surface area contributed by atoms with Gasteiger partial charge in [-0.2, -0.15) is 0 Å². The van der Waals surface area contributed by atoms with Crippen molar-refractivity contribution in [2.45, 2.75) is 13.8 Å². The summed E-state index contributed by atoms with van der Waals surface area (Å²) in [6, 6.07) is 8.32. The second kappa shape index (κ2) is 4.03. The van der Waals surface area contributed by atoms with Gasteiger partial charge in [0.15, 0.2) is 0 Å². The third kappa shape index (κ3) is 1.88. The lowest BCUT2D eigenvalue weighted by Gasteiger charge is -2.06. The van der Waals surface area contributed by atoms with Crippen LogP contribution in [0.4, 0.5) is 5.69 Å². The van der Waals surface area contributed by atoms with E-state index in [2.05, 4.69) is 35.4 Å². The van der Waals surface area contributed by atoms with Gasteiger partial charge >= 0.3 is 0 Å². The highest BCUT2D eigenvalue weighted by molar-refractivity contribution is 7.15. The summed E-state index contributed by atoms with van der Waals surface area (Å²) in [4.78, 5) is 5.72. The van der Waals surface area contributed by atoms with Gasteiger partial charge in [-0.1, -0.05) is 18.2 Å². The van der Waals surface area contributed by atoms with E-state index in [0.29, 0.717) is 0 Å². The summed E-state index contributed by atoms with van der Waals surface area (Å²) in [5.74, 6) is 0. The molecule has 0 aliphatic heterocycles. The zero-order valence-electron chi connectivity index (χ0n) is 9.16. The monoisotopic (exact) mass is 218 g/mol. The van der Waals surface area contributed by atoms with Crippen molar-refractivity contribution in [3.05, 3.63) is 35.0 Å². The molecule has 3 heteroatoms. The summed E-state index contributed by atoms with van der Waals surface area (Å²) in [5.41, 5.74) is 3.51. The summed E-state index contributed by atoms with van der Waals surface area (Å²) >= 11 is 1.75. The first kappa shape index (κ1) is 10.2. The fourth-order valence-corrected chi connectivity index (χ4v) is 2.64. The molecule has 0 spiro atoms. The predicted molar refractivity (Wildman–Crippen MR) is 66.6 cm³/mol. The Morgan fingerprint density at radius 1 is 1.20 bits per heavy atom. The maximum absolute atomic E-state index is 4.45. The highest BCUT2D eigenvalue weighted by atomic mass is 32.1. The molecule has 1 heterocycles. The van der Waals surface area contributed by atoms with Gasteiger partial charge < -0.3 is 5.32 Å². The van der Waals surface area contributed by atoms with Gasteiger partial charge in [-0.25, -0.2) is 4.98 Å². The van der Waals surface area contributed by atoms with Crippen LogP contribution in [-0.4, -0.2) is 12.0 Å². The Morgan fingerprint density at radius 3 is 2.53 bits per heavy atom. The van der Waals surface area contributed by atoms with Crippen LogP contribution in [0.1, 0.15) is 10.7 Å². The maximum Gasteiger partial charge on any atom is 0.0903 e. The summed E-state index contributed by atoms with van der Waals surface area (Å²) in [6.45, 7) is 4.11. The van der Waals surface area contributed by atoms with E-state index in [1.54, 1.807) is 11.3 Å². The first-order valence-corrected chi connectivity index (χ1v) is 5.75. The minimum absolute atomic E-state index is 1.11. The number of hydrogen-bond donors (Lipinski definition) is 1. The molecule has 0 atom stereocenters. The molecule has 0 amide bonds. The average molecular weight is 218 g/mol. The van der Waals surface area contributed by atoms with Crippen LogP contribution < -0.4 is 5.32 Å². The zero-order valence-corrected chi connectivity index (χ0v) is 9.98. The average Bonchev–Trinajstić information content (AvgIpc) is 2.57. The van der Waals surface area contributed by atoms with Gasteiger partial charge in [0.05, 0.1) is 15.6 Å². The molecule has 0 radical (unpaired) electrons. The second-order valence-corrected chi connectivity index (χ2v) is 4.65. The van der Waals surface area contributed by atoms with Gasteiger partial charge in [0, 0.05) is 18.3 Å². The molecule has 1 aromatic carbocycles. The standard InChI is InChI=1S/C12H14N2S/c1-8-12(15-9(2)14-8)10-6-4-5-7-11(10)13-3/h4-7,13H,1-3H3. The van der Waals surface area contributed by atoms with Crippen molar-refractivity contribution >= 4 is 17.0 Å². The van der Waals surface area contributed by atoms with Crippen molar-refractivity contribution in [3.63, 3.8) is 0 Å². The molecule has 0 fully saturated rings. The molecule has 1 aromatic heterocycles. The Bertz CT molecular complexity index is 474. The van der Waals surface area contributed by atoms with E-state index >= 15 is 0 Å². The number of nitrogens with one attached hydrogen (secondary N) is 1. The molecule has 1 N–H and O–H groups in total. The van der Waals surface area contributed by atoms with Crippen LogP contribution in [0.15, 0.2) is 24.3 Å². The number of anilines is 1. The quantitative estimate of drug-likeness (QED) is 0.835. The lowest BCUT2D eigenvalue weighted by Crippen LogP contribution is -1.90. The van der Waals surface area contributed by atoms with E-state index in [-0.39, 0.29) is 0 Å². The summed E-state index contributed by atoms with van der Waals surface area (Å²) in [6.07, 6.45) is 0. The van der Waals surface area contributed by atoms with Crippen LogP contribution in [0, 0.1) is 13.8 Å². The summed E-state index contributed by atoms with van der Waals surface area (Å²) in [7, 11) is 1.95. The van der Waals surface area contributed by atoms with E-state index in [1.165, 1.54) is 10.4 Å². The molecular weight excluding hydrogens is 204 g/mol. The molecule has 0 saturated heterocycles. The maximum atomic E-state index is 4.45. The smallest absolute Gasteiger partial charge is 0.0903 e. The van der Waals surface area contributed by atoms with Crippen molar-refractivity contribution in [3.8, 4) is 10.4 Å². The molecule has 0 unspecified atom stereocenters. The molecule has 0 aliphatic rings. The molecule has 0 saturated carbocycles. The fraction of sp³-hybridized carbons (Fsp3) is 0.250. The zero-order chi connectivity index (χ0) is 10.8. The van der Waals surface area contributed by atoms with Crippen LogP contribution in [0.3, 0.4) is 0 Å². The molecule has 0 bridgehead atoms. The van der Waals surface area contributed by atoms with Gasteiger partial charge in [-0.15, -0.1) is 11.3 Å². The van der Waals surface area contributed by atoms with Gasteiger partial charge in [0.1, 0.15) is 0 Å². The van der Waals surface area contributed by atoms with Gasteiger partial charge in [-0.05, 0) is 19.9 Å². The number of thiazole rings is 1. The van der Waals surface area contributed by atoms with E-state index < -0.39 is 0 Å². The van der Waals surface area contributed by atoms with Gasteiger partial charge in [0.2, 0.25) is 0 Å². The Morgan fingerprint density at radius 2 is 1.93 bits per heavy atom. The van der Waals surface area contributed by atoms with Crippen molar-refractivity contribution in [1.82, 2.24) is 4.98 Å². The first-order chi connectivity index (χ1) is 7.22. The predicted octanol–water partition coefficient (Wildman–Crippen LogP) is 3.47. The Labute approximate surface area is 94.0 Å². The molecule has 2 rings (SSSR count). The number of nitrogens with zero attached hydrogens (tertiary/aromatic N) is 1. The number of aryl methyl sites for hydroxylation is 2. The van der Waals surface area contributed by atoms with E-state index in [4.69, 9.17) is 0 Å². The largest absolute Gasteiger partial charge is 0.388 e. The third-order valence-electron chi connectivity index (χ3n) is 2.34. The van der Waals surface area contributed by atoms with Crippen LogP contribution in [0.25, 0.3) is 10.4 Å². The number of para-hydroxylation sites is 1. The minimum atomic E-state index is 1.11. The van der Waals surface area contributed by atoms with Crippen molar-refractivity contribution in [2.75, 3.05) is 12.4 Å². The first-order valence-electron chi connectivity index (χ1n) is 4.93. The molecule has 0 aliphatic carbocycles. The van der Waals surface area contributed by atoms with E-state index in [1.807, 2.05) is 20.0 Å². The highest BCUT2D eigenvalue weighted by Gasteiger charge is 2.10. The van der Waals surface area contributed by atoms with E-state index in [0.717, 1.165) is 16.4 Å². The minimum Gasteiger partial charge on any atom is -0.388 e. The van der Waals surface area contributed by atoms with Crippen molar-refractivity contribution < 1.29 is 0 Å². The highest BCUT2D eigenvalue weighted by Crippen LogP contribution is 2.34. The molecule has 2 nitrogen and oxygen atoms in total. The van der Waals surface area contributed by atoms with Crippen molar-refractivity contribution in [1.29, 1.82) is 0 Å². The fourth-order valence-electron chi connectivity index (χ4n) is 1.68. The summed E-state index contributed by atoms with van der Waals surface area (Å²) < 4.78 is 0. The molecule has 78 valence electrons. The van der Waals surface area contributed by atoms with Crippen LogP contribution in [0.2, 0.25) is 0 Å². The lowest BCUT2D eigenvalue weighted by molar-refractivity contribution is 1.20. The lowest BCUT2D eigenvalue weighted by atomic mass is 10.1. The normalized spacial score (nSPS) is 10.3. The number of rotatable bonds is 2. The number of benzene rings is 1. The Balaban J connectivity index is 2.58. The van der Waals surface area contributed by atoms with Crippen LogP contribution in [0.5, 0.6) is 0 Å². The Hall–Kier alpha value is -1.35.